The van der Waals surface area contributed by atoms with Crippen LogP contribution in [0.2, 0.25) is 0 Å². The number of rotatable bonds is 4. The first-order valence-corrected chi connectivity index (χ1v) is 10.2. The van der Waals surface area contributed by atoms with Gasteiger partial charge in [-0.2, -0.15) is 10.2 Å². The van der Waals surface area contributed by atoms with Gasteiger partial charge in [-0.1, -0.05) is 17.9 Å². The van der Waals surface area contributed by atoms with Gasteiger partial charge in [0.05, 0.1) is 23.6 Å². The molecule has 1 aliphatic heterocycles. The molecule has 0 aliphatic carbocycles. The first kappa shape index (κ1) is 21.3. The van der Waals surface area contributed by atoms with E-state index in [0.29, 0.717) is 29.1 Å². The standard InChI is InChI=1S/C23H23N5O4/c1-4-32-21(29)20-18(19-9-12-27(3)24-19)15-28(25-20)17-7-5-6-16(14-17)8-10-23(31)11-13-26(2)22(23)30/h5-7,9,12,14-15,31H,4,11,13H2,1-3H3/t23-/m0/s1. The van der Waals surface area contributed by atoms with Crippen molar-refractivity contribution >= 4 is 11.9 Å². The second-order valence-electron chi connectivity index (χ2n) is 7.57. The molecule has 1 N–H and O–H groups in total. The van der Waals surface area contributed by atoms with Gasteiger partial charge in [-0.25, -0.2) is 9.48 Å². The highest BCUT2D eigenvalue weighted by Gasteiger charge is 2.42. The van der Waals surface area contributed by atoms with Crippen LogP contribution in [0, 0.1) is 11.8 Å². The Morgan fingerprint density at radius 1 is 1.28 bits per heavy atom. The summed E-state index contributed by atoms with van der Waals surface area (Å²) in [6.45, 7) is 2.43. The Morgan fingerprint density at radius 2 is 2.09 bits per heavy atom. The lowest BCUT2D eigenvalue weighted by Crippen LogP contribution is -2.37. The van der Waals surface area contributed by atoms with Gasteiger partial charge in [0.15, 0.2) is 5.69 Å². The van der Waals surface area contributed by atoms with Gasteiger partial charge >= 0.3 is 5.97 Å². The first-order chi connectivity index (χ1) is 15.3. The number of nitrogens with zero attached hydrogens (tertiary/aromatic N) is 5. The number of ether oxygens (including phenoxy) is 1. The maximum absolute atomic E-state index is 12.5. The summed E-state index contributed by atoms with van der Waals surface area (Å²) < 4.78 is 8.36. The predicted octanol–water partition coefficient (Wildman–Crippen LogP) is 1.39. The summed E-state index contributed by atoms with van der Waals surface area (Å²) in [5, 5.41) is 19.3. The summed E-state index contributed by atoms with van der Waals surface area (Å²) in [6.07, 6.45) is 3.76. The molecular weight excluding hydrogens is 410 g/mol. The van der Waals surface area contributed by atoms with E-state index < -0.39 is 17.5 Å². The Kier molecular flexibility index (Phi) is 5.55. The van der Waals surface area contributed by atoms with Crippen LogP contribution in [0.5, 0.6) is 0 Å². The molecule has 9 heteroatoms. The third kappa shape index (κ3) is 4.00. The highest BCUT2D eigenvalue weighted by molar-refractivity contribution is 5.94. The molecule has 0 unspecified atom stereocenters. The van der Waals surface area contributed by atoms with Crippen LogP contribution in [0.4, 0.5) is 0 Å². The lowest BCUT2D eigenvalue weighted by atomic mass is 10.0. The molecule has 3 heterocycles. The number of hydrogen-bond acceptors (Lipinski definition) is 6. The van der Waals surface area contributed by atoms with Gasteiger partial charge in [-0.05, 0) is 31.2 Å². The molecule has 32 heavy (non-hydrogen) atoms. The Morgan fingerprint density at radius 3 is 2.75 bits per heavy atom. The van der Waals surface area contributed by atoms with Gasteiger partial charge in [0.2, 0.25) is 5.60 Å². The molecule has 9 nitrogen and oxygen atoms in total. The van der Waals surface area contributed by atoms with Crippen molar-refractivity contribution in [3.05, 3.63) is 54.0 Å². The molecule has 2 aromatic heterocycles. The average Bonchev–Trinajstić information content (AvgIpc) is 3.48. The van der Waals surface area contributed by atoms with Crippen molar-refractivity contribution < 1.29 is 19.4 Å². The quantitative estimate of drug-likeness (QED) is 0.493. The van der Waals surface area contributed by atoms with Crippen molar-refractivity contribution in [2.24, 2.45) is 7.05 Å². The van der Waals surface area contributed by atoms with E-state index in [1.807, 2.05) is 6.07 Å². The minimum Gasteiger partial charge on any atom is -0.461 e. The zero-order chi connectivity index (χ0) is 22.9. The third-order valence-electron chi connectivity index (χ3n) is 5.21. The fourth-order valence-electron chi connectivity index (χ4n) is 3.47. The summed E-state index contributed by atoms with van der Waals surface area (Å²) in [5.74, 6) is 4.67. The number of benzene rings is 1. The number of likely N-dealkylation sites (N-methyl/N-ethyl adjacent to an activating group) is 1. The lowest BCUT2D eigenvalue weighted by Gasteiger charge is -2.13. The summed E-state index contributed by atoms with van der Waals surface area (Å²) in [5.41, 5.74) is 0.908. The highest BCUT2D eigenvalue weighted by Crippen LogP contribution is 2.24. The van der Waals surface area contributed by atoms with E-state index in [4.69, 9.17) is 4.74 Å². The van der Waals surface area contributed by atoms with E-state index in [0.717, 1.165) is 0 Å². The first-order valence-electron chi connectivity index (χ1n) is 10.2. The van der Waals surface area contributed by atoms with Crippen LogP contribution >= 0.6 is 0 Å². The van der Waals surface area contributed by atoms with Crippen molar-refractivity contribution in [3.63, 3.8) is 0 Å². The van der Waals surface area contributed by atoms with Crippen LogP contribution in [0.1, 0.15) is 29.4 Å². The van der Waals surface area contributed by atoms with Crippen LogP contribution in [0.15, 0.2) is 42.7 Å². The van der Waals surface area contributed by atoms with Gasteiger partial charge in [0.1, 0.15) is 0 Å². The van der Waals surface area contributed by atoms with E-state index in [1.165, 1.54) is 4.90 Å². The number of hydrogen-bond donors (Lipinski definition) is 1. The van der Waals surface area contributed by atoms with Crippen molar-refractivity contribution in [1.82, 2.24) is 24.5 Å². The fourth-order valence-corrected chi connectivity index (χ4v) is 3.47. The molecule has 0 saturated carbocycles. The molecule has 0 spiro atoms. The number of amides is 1. The van der Waals surface area contributed by atoms with Crippen molar-refractivity contribution in [2.75, 3.05) is 20.2 Å². The largest absolute Gasteiger partial charge is 0.461 e. The van der Waals surface area contributed by atoms with Crippen molar-refractivity contribution in [3.8, 4) is 28.8 Å². The number of aliphatic hydroxyl groups is 1. The molecule has 164 valence electrons. The summed E-state index contributed by atoms with van der Waals surface area (Å²) >= 11 is 0. The fraction of sp³-hybridized carbons (Fsp3) is 0.304. The van der Waals surface area contributed by atoms with Crippen LogP contribution in [-0.2, 0) is 16.6 Å². The number of likely N-dealkylation sites (tertiary alicyclic amines) is 1. The van der Waals surface area contributed by atoms with Gasteiger partial charge in [0, 0.05) is 45.0 Å². The van der Waals surface area contributed by atoms with E-state index in [-0.39, 0.29) is 18.7 Å². The molecular formula is C23H23N5O4. The molecule has 1 atom stereocenters. The normalized spacial score (nSPS) is 17.9. The van der Waals surface area contributed by atoms with Gasteiger partial charge in [-0.3, -0.25) is 9.48 Å². The Hall–Kier alpha value is -3.90. The van der Waals surface area contributed by atoms with Crippen LogP contribution in [-0.4, -0.2) is 67.2 Å². The van der Waals surface area contributed by atoms with Crippen LogP contribution in [0.3, 0.4) is 0 Å². The molecule has 4 rings (SSSR count). The SMILES string of the molecule is CCOC(=O)c1nn(-c2cccc(C#C[C@]3(O)CCN(C)C3=O)c2)cc1-c1ccn(C)n1. The summed E-state index contributed by atoms with van der Waals surface area (Å²) in [4.78, 5) is 26.1. The lowest BCUT2D eigenvalue weighted by molar-refractivity contribution is -0.137. The maximum Gasteiger partial charge on any atom is 0.359 e. The van der Waals surface area contributed by atoms with Gasteiger partial charge in [0.25, 0.3) is 5.91 Å². The third-order valence-corrected chi connectivity index (χ3v) is 5.21. The molecule has 3 aromatic rings. The second-order valence-corrected chi connectivity index (χ2v) is 7.57. The Bertz CT molecular complexity index is 1250. The molecule has 1 saturated heterocycles. The number of carbonyl (C=O) groups excluding carboxylic acids is 2. The van der Waals surface area contributed by atoms with E-state index >= 15 is 0 Å². The predicted molar refractivity (Wildman–Crippen MR) is 116 cm³/mol. The maximum atomic E-state index is 12.5. The molecule has 0 radical (unpaired) electrons. The van der Waals surface area contributed by atoms with Crippen LogP contribution < -0.4 is 0 Å². The monoisotopic (exact) mass is 433 g/mol. The molecule has 1 aromatic carbocycles. The smallest absolute Gasteiger partial charge is 0.359 e. The summed E-state index contributed by atoms with van der Waals surface area (Å²) in [7, 11) is 3.43. The number of aryl methyl sites for hydroxylation is 1. The molecule has 1 amide bonds. The molecule has 1 fully saturated rings. The number of esters is 1. The van der Waals surface area contributed by atoms with Gasteiger partial charge in [-0.15, -0.1) is 0 Å². The summed E-state index contributed by atoms with van der Waals surface area (Å²) in [6, 6.07) is 8.95. The molecule has 0 bridgehead atoms. The zero-order valence-electron chi connectivity index (χ0n) is 18.1. The Labute approximate surface area is 185 Å². The van der Waals surface area contributed by atoms with E-state index in [9.17, 15) is 14.7 Å². The van der Waals surface area contributed by atoms with Gasteiger partial charge < -0.3 is 14.7 Å². The van der Waals surface area contributed by atoms with Crippen molar-refractivity contribution in [2.45, 2.75) is 18.9 Å². The van der Waals surface area contributed by atoms with E-state index in [2.05, 4.69) is 22.0 Å². The second kappa shape index (κ2) is 8.32. The Balaban J connectivity index is 1.70. The number of carbonyl (C=O) groups is 2. The average molecular weight is 433 g/mol. The minimum atomic E-state index is -1.67. The van der Waals surface area contributed by atoms with Crippen molar-refractivity contribution in [1.29, 1.82) is 0 Å². The minimum absolute atomic E-state index is 0.163. The highest BCUT2D eigenvalue weighted by atomic mass is 16.5. The van der Waals surface area contributed by atoms with E-state index in [1.54, 1.807) is 67.0 Å². The topological polar surface area (TPSA) is 102 Å². The zero-order valence-corrected chi connectivity index (χ0v) is 18.1. The number of aromatic nitrogens is 4. The molecule has 1 aliphatic rings. The van der Waals surface area contributed by atoms with Crippen LogP contribution in [0.25, 0.3) is 16.9 Å².